The lowest BCUT2D eigenvalue weighted by atomic mass is 10.1. The second kappa shape index (κ2) is 9.06. The molecule has 0 bridgehead atoms. The van der Waals surface area contributed by atoms with E-state index in [2.05, 4.69) is 22.1 Å². The van der Waals surface area contributed by atoms with Gasteiger partial charge in [-0.05, 0) is 30.7 Å². The van der Waals surface area contributed by atoms with Gasteiger partial charge in [-0.1, -0.05) is 25.1 Å². The summed E-state index contributed by atoms with van der Waals surface area (Å²) in [7, 11) is -3.67. The molecule has 1 saturated heterocycles. The molecule has 1 aromatic carbocycles. The number of pyridine rings is 1. The number of fused-ring (bicyclic) bond motifs is 1. The Balaban J connectivity index is 0.000000755. The molecule has 0 amide bonds. The molecule has 1 aliphatic rings. The van der Waals surface area contributed by atoms with Gasteiger partial charge in [0.2, 0.25) is 0 Å². The molecule has 9 heteroatoms. The lowest BCUT2D eigenvalue weighted by Crippen LogP contribution is -2.50. The predicted octanol–water partition coefficient (Wildman–Crippen LogP) is 2.16. The number of nitrogens with zero attached hydrogens (tertiary/aromatic N) is 3. The summed E-state index contributed by atoms with van der Waals surface area (Å²) in [5, 5.41) is 10.4. The van der Waals surface area contributed by atoms with E-state index in [1.807, 2.05) is 12.1 Å². The van der Waals surface area contributed by atoms with Gasteiger partial charge >= 0.3 is 0 Å². The summed E-state index contributed by atoms with van der Waals surface area (Å²) in [5.74, 6) is 0. The number of benzene rings is 1. The molecule has 4 rings (SSSR count). The van der Waals surface area contributed by atoms with E-state index >= 15 is 0 Å². The maximum atomic E-state index is 13.2. The van der Waals surface area contributed by atoms with Gasteiger partial charge < -0.3 is 15.3 Å². The van der Waals surface area contributed by atoms with E-state index in [1.54, 1.807) is 42.7 Å². The topological polar surface area (TPSA) is 105 Å². The lowest BCUT2D eigenvalue weighted by molar-refractivity contribution is -0.122. The first-order valence-corrected chi connectivity index (χ1v) is 10.8. The third-order valence-corrected chi connectivity index (χ3v) is 6.58. The summed E-state index contributed by atoms with van der Waals surface area (Å²) in [4.78, 5) is 15.4. The highest BCUT2D eigenvalue weighted by atomic mass is 32.2. The summed E-state index contributed by atoms with van der Waals surface area (Å²) in [6.45, 7) is 4.46. The van der Waals surface area contributed by atoms with Crippen LogP contribution in [0.3, 0.4) is 0 Å². The molecular weight excluding hydrogens is 392 g/mol. The van der Waals surface area contributed by atoms with Crippen LogP contribution in [0.15, 0.2) is 59.8 Å². The molecule has 2 aromatic heterocycles. The van der Waals surface area contributed by atoms with Crippen LogP contribution >= 0.6 is 0 Å². The van der Waals surface area contributed by atoms with Crippen LogP contribution in [-0.2, 0) is 14.8 Å². The molecule has 29 heavy (non-hydrogen) atoms. The first kappa shape index (κ1) is 20.8. The van der Waals surface area contributed by atoms with Gasteiger partial charge in [-0.25, -0.2) is 12.4 Å². The van der Waals surface area contributed by atoms with E-state index in [1.165, 1.54) is 3.97 Å². The lowest BCUT2D eigenvalue weighted by Gasteiger charge is -2.34. The van der Waals surface area contributed by atoms with E-state index in [-0.39, 0.29) is 11.4 Å². The fourth-order valence-corrected chi connectivity index (χ4v) is 4.84. The van der Waals surface area contributed by atoms with Gasteiger partial charge in [-0.2, -0.15) is 0 Å². The van der Waals surface area contributed by atoms with E-state index in [4.69, 9.17) is 9.90 Å². The Hall–Kier alpha value is -2.91. The number of nitrogens with one attached hydrogen (secondary N) is 1. The van der Waals surface area contributed by atoms with Crippen LogP contribution in [0.1, 0.15) is 13.3 Å². The number of hydrogen-bond acceptors (Lipinski definition) is 6. The van der Waals surface area contributed by atoms with Crippen molar-refractivity contribution in [2.45, 2.75) is 24.3 Å². The Morgan fingerprint density at radius 1 is 1.24 bits per heavy atom. The smallest absolute Gasteiger partial charge is 0.290 e. The number of aromatic nitrogens is 2. The van der Waals surface area contributed by atoms with Crippen molar-refractivity contribution in [3.05, 3.63) is 54.9 Å². The van der Waals surface area contributed by atoms with Gasteiger partial charge in [-0.3, -0.25) is 9.78 Å². The van der Waals surface area contributed by atoms with Crippen molar-refractivity contribution in [1.29, 1.82) is 0 Å². The fourth-order valence-electron chi connectivity index (χ4n) is 3.47. The van der Waals surface area contributed by atoms with E-state index in [0.29, 0.717) is 11.6 Å². The summed E-state index contributed by atoms with van der Waals surface area (Å²) in [6.07, 6.45) is 4.47. The number of hydrogen-bond donors (Lipinski definition) is 2. The standard InChI is InChI=1S/C19H22N4O2S.CH2O2/c1-2-15-13-22(12-11-20-15)18-14-23(17-9-6-10-21-19(17)18)26(24,25)16-7-4-3-5-8-16;2-1-3/h3-10,14-15,20H,2,11-13H2,1H3;1H,(H,2,3)/t15-;/m1./s1. The van der Waals surface area contributed by atoms with Gasteiger partial charge in [0.1, 0.15) is 5.52 Å². The minimum Gasteiger partial charge on any atom is -0.483 e. The maximum absolute atomic E-state index is 13.2. The Morgan fingerprint density at radius 2 is 1.97 bits per heavy atom. The molecule has 8 nitrogen and oxygen atoms in total. The molecule has 1 atom stereocenters. The van der Waals surface area contributed by atoms with Crippen LogP contribution < -0.4 is 10.2 Å². The van der Waals surface area contributed by atoms with Gasteiger partial charge in [0, 0.05) is 38.1 Å². The molecule has 0 radical (unpaired) electrons. The zero-order valence-corrected chi connectivity index (χ0v) is 16.9. The molecule has 3 aromatic rings. The Labute approximate surface area is 169 Å². The van der Waals surface area contributed by atoms with Crippen molar-refractivity contribution in [3.8, 4) is 0 Å². The monoisotopic (exact) mass is 416 g/mol. The molecule has 2 N–H and O–H groups in total. The molecule has 0 aliphatic carbocycles. The van der Waals surface area contributed by atoms with E-state index < -0.39 is 10.0 Å². The van der Waals surface area contributed by atoms with Crippen LogP contribution in [0.2, 0.25) is 0 Å². The third kappa shape index (κ3) is 4.25. The van der Waals surface area contributed by atoms with Gasteiger partial charge in [0.05, 0.1) is 16.1 Å². The van der Waals surface area contributed by atoms with Crippen LogP contribution in [-0.4, -0.2) is 54.6 Å². The minimum atomic E-state index is -3.67. The number of anilines is 1. The SMILES string of the molecule is CC[C@@H]1CN(c2cn(S(=O)(=O)c3ccccc3)c3cccnc23)CCN1.O=CO. The number of carbonyl (C=O) groups is 1. The Morgan fingerprint density at radius 3 is 2.66 bits per heavy atom. The van der Waals surface area contributed by atoms with Crippen molar-refractivity contribution in [1.82, 2.24) is 14.3 Å². The quantitative estimate of drug-likeness (QED) is 0.628. The number of piperazine rings is 1. The summed E-state index contributed by atoms with van der Waals surface area (Å²) >= 11 is 0. The zero-order valence-electron chi connectivity index (χ0n) is 16.1. The highest BCUT2D eigenvalue weighted by Gasteiger charge is 2.26. The van der Waals surface area contributed by atoms with Crippen molar-refractivity contribution >= 4 is 33.2 Å². The Kier molecular flexibility index (Phi) is 6.50. The van der Waals surface area contributed by atoms with Crippen molar-refractivity contribution in [3.63, 3.8) is 0 Å². The largest absolute Gasteiger partial charge is 0.483 e. The van der Waals surface area contributed by atoms with Crippen LogP contribution in [0.4, 0.5) is 5.69 Å². The van der Waals surface area contributed by atoms with Gasteiger partial charge in [0.25, 0.3) is 16.5 Å². The van der Waals surface area contributed by atoms with Crippen molar-refractivity contribution in [2.75, 3.05) is 24.5 Å². The second-order valence-electron chi connectivity index (χ2n) is 6.61. The average Bonchev–Trinajstić information content (AvgIpc) is 3.16. The van der Waals surface area contributed by atoms with Crippen LogP contribution in [0, 0.1) is 0 Å². The molecule has 154 valence electrons. The first-order chi connectivity index (χ1) is 14.0. The number of carboxylic acid groups (broad SMARTS) is 1. The molecular formula is C20H24N4O4S. The van der Waals surface area contributed by atoms with Crippen LogP contribution in [0.25, 0.3) is 11.0 Å². The molecule has 1 aliphatic heterocycles. The van der Waals surface area contributed by atoms with Crippen molar-refractivity contribution < 1.29 is 18.3 Å². The molecule has 0 saturated carbocycles. The maximum Gasteiger partial charge on any atom is 0.290 e. The minimum absolute atomic E-state index is 0.250. The third-order valence-electron chi connectivity index (χ3n) is 4.90. The predicted molar refractivity (Wildman–Crippen MR) is 112 cm³/mol. The van der Waals surface area contributed by atoms with E-state index in [9.17, 15) is 8.42 Å². The fraction of sp³-hybridized carbons (Fsp3) is 0.300. The highest BCUT2D eigenvalue weighted by molar-refractivity contribution is 7.90. The molecule has 1 fully saturated rings. The molecule has 3 heterocycles. The first-order valence-electron chi connectivity index (χ1n) is 9.35. The normalized spacial score (nSPS) is 16.9. The summed E-state index contributed by atoms with van der Waals surface area (Å²) in [6, 6.07) is 12.5. The summed E-state index contributed by atoms with van der Waals surface area (Å²) in [5.41, 5.74) is 2.21. The zero-order chi connectivity index (χ0) is 20.9. The van der Waals surface area contributed by atoms with Gasteiger partial charge in [-0.15, -0.1) is 0 Å². The number of rotatable bonds is 4. The molecule has 0 unspecified atom stereocenters. The second-order valence-corrected chi connectivity index (χ2v) is 8.43. The van der Waals surface area contributed by atoms with Gasteiger partial charge in [0.15, 0.2) is 0 Å². The van der Waals surface area contributed by atoms with E-state index in [0.717, 1.165) is 37.3 Å². The van der Waals surface area contributed by atoms with Crippen LogP contribution in [0.5, 0.6) is 0 Å². The average molecular weight is 417 g/mol. The summed E-state index contributed by atoms with van der Waals surface area (Å²) < 4.78 is 27.7. The van der Waals surface area contributed by atoms with Crippen molar-refractivity contribution in [2.24, 2.45) is 0 Å². The Bertz CT molecular complexity index is 1070. The molecule has 0 spiro atoms. The highest BCUT2D eigenvalue weighted by Crippen LogP contribution is 2.31.